The van der Waals surface area contributed by atoms with E-state index in [1.54, 1.807) is 0 Å². The molecule has 1 saturated heterocycles. The third-order valence-corrected chi connectivity index (χ3v) is 3.28. The van der Waals surface area contributed by atoms with Gasteiger partial charge in [-0.05, 0) is 18.8 Å². The first-order chi connectivity index (χ1) is 5.81. The van der Waals surface area contributed by atoms with Crippen LogP contribution in [0, 0.1) is 11.8 Å². The summed E-state index contributed by atoms with van der Waals surface area (Å²) in [6, 6.07) is 0. The van der Waals surface area contributed by atoms with E-state index in [4.69, 9.17) is 0 Å². The van der Waals surface area contributed by atoms with Gasteiger partial charge in [0.1, 0.15) is 0 Å². The molecule has 12 heavy (non-hydrogen) atoms. The molecule has 1 saturated carbocycles. The van der Waals surface area contributed by atoms with Crippen molar-refractivity contribution in [3.05, 3.63) is 12.7 Å². The van der Waals surface area contributed by atoms with Crippen molar-refractivity contribution in [1.29, 1.82) is 0 Å². The monoisotopic (exact) mass is 167 g/mol. The third-order valence-electron chi connectivity index (χ3n) is 3.28. The van der Waals surface area contributed by atoms with E-state index in [1.807, 2.05) is 6.08 Å². The van der Waals surface area contributed by atoms with Crippen LogP contribution >= 0.6 is 0 Å². The van der Waals surface area contributed by atoms with Crippen LogP contribution in [0.3, 0.4) is 0 Å². The number of nitrogens with zero attached hydrogens (tertiary/aromatic N) is 1. The summed E-state index contributed by atoms with van der Waals surface area (Å²) >= 11 is 0. The molecule has 1 aliphatic carbocycles. The van der Waals surface area contributed by atoms with Crippen LogP contribution in [-0.4, -0.2) is 35.7 Å². The smallest absolute Gasteiger partial charge is 0.0583 e. The van der Waals surface area contributed by atoms with Crippen LogP contribution in [-0.2, 0) is 0 Å². The highest BCUT2D eigenvalue weighted by Gasteiger charge is 2.41. The minimum atomic E-state index is -0.0233. The maximum atomic E-state index is 9.63. The summed E-state index contributed by atoms with van der Waals surface area (Å²) in [5, 5.41) is 9.63. The van der Waals surface area contributed by atoms with E-state index in [0.29, 0.717) is 5.92 Å². The fourth-order valence-corrected chi connectivity index (χ4v) is 2.66. The van der Waals surface area contributed by atoms with Gasteiger partial charge in [0.05, 0.1) is 6.10 Å². The maximum absolute atomic E-state index is 9.63. The van der Waals surface area contributed by atoms with Crippen molar-refractivity contribution in [2.24, 2.45) is 11.8 Å². The summed E-state index contributed by atoms with van der Waals surface area (Å²) in [5.41, 5.74) is 0. The Hall–Kier alpha value is -0.340. The first kappa shape index (κ1) is 8.27. The molecule has 0 spiro atoms. The van der Waals surface area contributed by atoms with Crippen molar-refractivity contribution in [1.82, 2.24) is 4.90 Å². The fourth-order valence-electron chi connectivity index (χ4n) is 2.66. The van der Waals surface area contributed by atoms with Crippen LogP contribution in [0.1, 0.15) is 12.8 Å². The van der Waals surface area contributed by atoms with Gasteiger partial charge in [-0.15, -0.1) is 6.58 Å². The summed E-state index contributed by atoms with van der Waals surface area (Å²) in [6.07, 6.45) is 4.18. The van der Waals surface area contributed by atoms with Crippen molar-refractivity contribution in [3.8, 4) is 0 Å². The van der Waals surface area contributed by atoms with E-state index in [9.17, 15) is 5.11 Å². The Kier molecular flexibility index (Phi) is 2.20. The molecule has 68 valence electrons. The largest absolute Gasteiger partial charge is 0.393 e. The fraction of sp³-hybridized carbons (Fsp3) is 0.800. The van der Waals surface area contributed by atoms with Gasteiger partial charge in [0.15, 0.2) is 0 Å². The van der Waals surface area contributed by atoms with Crippen LogP contribution < -0.4 is 0 Å². The predicted octanol–water partition coefficient (Wildman–Crippen LogP) is 0.875. The average molecular weight is 167 g/mol. The van der Waals surface area contributed by atoms with Gasteiger partial charge in [-0.1, -0.05) is 6.08 Å². The molecule has 0 aromatic heterocycles. The summed E-state index contributed by atoms with van der Waals surface area (Å²) in [5.74, 6) is 1.32. The lowest BCUT2D eigenvalue weighted by atomic mass is 10.00. The molecule has 2 fully saturated rings. The van der Waals surface area contributed by atoms with Gasteiger partial charge in [-0.3, -0.25) is 4.90 Å². The van der Waals surface area contributed by atoms with Crippen LogP contribution in [0.15, 0.2) is 12.7 Å². The lowest BCUT2D eigenvalue weighted by Crippen LogP contribution is -2.24. The molecule has 0 radical (unpaired) electrons. The van der Waals surface area contributed by atoms with Gasteiger partial charge in [0, 0.05) is 25.6 Å². The standard InChI is InChI=1S/C10H17NO/c1-2-5-11-6-8-3-4-10(12)9(8)7-11/h2,8-10,12H,1,3-7H2. The number of hydrogen-bond acceptors (Lipinski definition) is 2. The number of rotatable bonds is 2. The average Bonchev–Trinajstić information content (AvgIpc) is 2.55. The van der Waals surface area contributed by atoms with Gasteiger partial charge >= 0.3 is 0 Å². The van der Waals surface area contributed by atoms with E-state index >= 15 is 0 Å². The minimum Gasteiger partial charge on any atom is -0.393 e. The summed E-state index contributed by atoms with van der Waals surface area (Å²) < 4.78 is 0. The van der Waals surface area contributed by atoms with Gasteiger partial charge in [0.25, 0.3) is 0 Å². The maximum Gasteiger partial charge on any atom is 0.0583 e. The molecule has 1 aliphatic heterocycles. The first-order valence-corrected chi connectivity index (χ1v) is 4.82. The normalized spacial score (nSPS) is 41.6. The molecule has 1 N–H and O–H groups in total. The number of aliphatic hydroxyl groups is 1. The molecule has 0 amide bonds. The summed E-state index contributed by atoms with van der Waals surface area (Å²) in [6.45, 7) is 6.97. The Bertz CT molecular complexity index is 181. The molecule has 0 aromatic carbocycles. The molecule has 2 rings (SSSR count). The van der Waals surface area contributed by atoms with Crippen molar-refractivity contribution < 1.29 is 5.11 Å². The molecular formula is C10H17NO. The first-order valence-electron chi connectivity index (χ1n) is 4.82. The molecule has 0 bridgehead atoms. The molecular weight excluding hydrogens is 150 g/mol. The highest BCUT2D eigenvalue weighted by molar-refractivity contribution is 4.94. The topological polar surface area (TPSA) is 23.5 Å². The second-order valence-electron chi connectivity index (χ2n) is 4.08. The minimum absolute atomic E-state index is 0.0233. The van der Waals surface area contributed by atoms with Gasteiger partial charge in [-0.25, -0.2) is 0 Å². The molecule has 2 heteroatoms. The number of fused-ring (bicyclic) bond motifs is 1. The second-order valence-corrected chi connectivity index (χ2v) is 4.08. The Balaban J connectivity index is 1.93. The van der Waals surface area contributed by atoms with Crippen LogP contribution in [0.25, 0.3) is 0 Å². The number of aliphatic hydroxyl groups excluding tert-OH is 1. The SMILES string of the molecule is C=CCN1CC2CCC(O)C2C1. The molecule has 0 aromatic rings. The number of likely N-dealkylation sites (tertiary alicyclic amines) is 1. The van der Waals surface area contributed by atoms with Crippen LogP contribution in [0.2, 0.25) is 0 Å². The Morgan fingerprint density at radius 2 is 2.25 bits per heavy atom. The number of hydrogen-bond donors (Lipinski definition) is 1. The second kappa shape index (κ2) is 3.19. The van der Waals surface area contributed by atoms with Gasteiger partial charge in [-0.2, -0.15) is 0 Å². The van der Waals surface area contributed by atoms with E-state index in [1.165, 1.54) is 13.0 Å². The highest BCUT2D eigenvalue weighted by Crippen LogP contribution is 2.37. The van der Waals surface area contributed by atoms with Gasteiger partial charge < -0.3 is 5.11 Å². The van der Waals surface area contributed by atoms with E-state index < -0.39 is 0 Å². The van der Waals surface area contributed by atoms with E-state index in [2.05, 4.69) is 11.5 Å². The van der Waals surface area contributed by atoms with Crippen molar-refractivity contribution in [2.45, 2.75) is 18.9 Å². The van der Waals surface area contributed by atoms with E-state index in [-0.39, 0.29) is 6.10 Å². The van der Waals surface area contributed by atoms with Crippen molar-refractivity contribution >= 4 is 0 Å². The van der Waals surface area contributed by atoms with Crippen molar-refractivity contribution in [3.63, 3.8) is 0 Å². The molecule has 3 unspecified atom stereocenters. The molecule has 2 aliphatic rings. The van der Waals surface area contributed by atoms with Gasteiger partial charge in [0.2, 0.25) is 0 Å². The summed E-state index contributed by atoms with van der Waals surface area (Å²) in [4.78, 5) is 2.39. The lowest BCUT2D eigenvalue weighted by Gasteiger charge is -2.15. The zero-order valence-electron chi connectivity index (χ0n) is 7.45. The molecule has 2 nitrogen and oxygen atoms in total. The Morgan fingerprint density at radius 3 is 2.92 bits per heavy atom. The Morgan fingerprint density at radius 1 is 1.42 bits per heavy atom. The van der Waals surface area contributed by atoms with Crippen LogP contribution in [0.4, 0.5) is 0 Å². The molecule has 3 atom stereocenters. The van der Waals surface area contributed by atoms with E-state index in [0.717, 1.165) is 25.4 Å². The highest BCUT2D eigenvalue weighted by atomic mass is 16.3. The Labute approximate surface area is 73.9 Å². The van der Waals surface area contributed by atoms with Crippen LogP contribution in [0.5, 0.6) is 0 Å². The van der Waals surface area contributed by atoms with Crippen molar-refractivity contribution in [2.75, 3.05) is 19.6 Å². The zero-order chi connectivity index (χ0) is 8.55. The quantitative estimate of drug-likeness (QED) is 0.617. The zero-order valence-corrected chi connectivity index (χ0v) is 7.45. The third kappa shape index (κ3) is 1.29. The summed E-state index contributed by atoms with van der Waals surface area (Å²) in [7, 11) is 0. The lowest BCUT2D eigenvalue weighted by molar-refractivity contribution is 0.125. The molecule has 1 heterocycles. The predicted molar refractivity (Wildman–Crippen MR) is 48.9 cm³/mol.